The Hall–Kier alpha value is -1.80. The van der Waals surface area contributed by atoms with Crippen molar-refractivity contribution in [3.63, 3.8) is 0 Å². The second-order valence-corrected chi connectivity index (χ2v) is 7.68. The Morgan fingerprint density at radius 3 is 2.57 bits per heavy atom. The Labute approximate surface area is 165 Å². The standard InChI is InChI=1S/C20H30F3N5/c1-15(16-4-3-5-17(12-16)20(21,22)23)6-7-25-19(24-2)26-13-18-14-27-8-10-28(18)11-9-27/h3-5,12,15,18H,6-11,13-14H2,1-2H3,(H2,24,25,26). The number of piperazine rings is 3. The Morgan fingerprint density at radius 1 is 1.21 bits per heavy atom. The highest BCUT2D eigenvalue weighted by atomic mass is 19.4. The molecule has 3 fully saturated rings. The quantitative estimate of drug-likeness (QED) is 0.571. The highest BCUT2D eigenvalue weighted by Crippen LogP contribution is 2.31. The minimum atomic E-state index is -4.30. The normalized spacial score (nSPS) is 26.2. The summed E-state index contributed by atoms with van der Waals surface area (Å²) in [6.07, 6.45) is -3.57. The zero-order valence-electron chi connectivity index (χ0n) is 16.6. The van der Waals surface area contributed by atoms with Crippen LogP contribution in [0.2, 0.25) is 0 Å². The topological polar surface area (TPSA) is 42.9 Å². The van der Waals surface area contributed by atoms with Crippen LogP contribution in [0, 0.1) is 0 Å². The smallest absolute Gasteiger partial charge is 0.356 e. The van der Waals surface area contributed by atoms with E-state index < -0.39 is 11.7 Å². The zero-order chi connectivity index (χ0) is 20.1. The Morgan fingerprint density at radius 2 is 1.96 bits per heavy atom. The van der Waals surface area contributed by atoms with Crippen molar-refractivity contribution in [1.29, 1.82) is 0 Å². The van der Waals surface area contributed by atoms with Crippen molar-refractivity contribution in [2.45, 2.75) is 31.5 Å². The zero-order valence-corrected chi connectivity index (χ0v) is 16.6. The molecule has 1 aromatic rings. The van der Waals surface area contributed by atoms with Crippen molar-refractivity contribution < 1.29 is 13.2 Å². The van der Waals surface area contributed by atoms with E-state index in [9.17, 15) is 13.2 Å². The minimum absolute atomic E-state index is 0.0286. The van der Waals surface area contributed by atoms with Gasteiger partial charge in [-0.2, -0.15) is 13.2 Å². The van der Waals surface area contributed by atoms with Gasteiger partial charge in [-0.15, -0.1) is 0 Å². The molecule has 0 aliphatic carbocycles. The van der Waals surface area contributed by atoms with E-state index in [4.69, 9.17) is 0 Å². The first-order chi connectivity index (χ1) is 13.4. The summed E-state index contributed by atoms with van der Waals surface area (Å²) < 4.78 is 38.7. The average molecular weight is 397 g/mol. The van der Waals surface area contributed by atoms with Crippen molar-refractivity contribution >= 4 is 5.96 Å². The largest absolute Gasteiger partial charge is 0.416 e. The maximum atomic E-state index is 12.9. The molecule has 8 heteroatoms. The first-order valence-corrected chi connectivity index (χ1v) is 9.95. The Balaban J connectivity index is 1.43. The molecule has 0 radical (unpaired) electrons. The monoisotopic (exact) mass is 397 g/mol. The third-order valence-corrected chi connectivity index (χ3v) is 5.77. The molecule has 2 bridgehead atoms. The highest BCUT2D eigenvalue weighted by molar-refractivity contribution is 5.79. The molecule has 0 spiro atoms. The van der Waals surface area contributed by atoms with Gasteiger partial charge in [-0.1, -0.05) is 25.1 Å². The summed E-state index contributed by atoms with van der Waals surface area (Å²) in [4.78, 5) is 9.29. The molecule has 1 aromatic carbocycles. The summed E-state index contributed by atoms with van der Waals surface area (Å²) in [7, 11) is 1.74. The molecule has 3 aliphatic heterocycles. The number of aliphatic imine (C=N–C) groups is 1. The SMILES string of the molecule is CN=C(NCCC(C)c1cccc(C(F)(F)F)c1)NCC1CN2CCN1CC2. The number of alkyl halides is 3. The van der Waals surface area contributed by atoms with Crippen molar-refractivity contribution in [1.82, 2.24) is 20.4 Å². The number of hydrogen-bond donors (Lipinski definition) is 2. The average Bonchev–Trinajstić information content (AvgIpc) is 2.70. The van der Waals surface area contributed by atoms with Crippen LogP contribution in [0.15, 0.2) is 29.3 Å². The Bertz CT molecular complexity index is 668. The predicted octanol–water partition coefficient (Wildman–Crippen LogP) is 2.36. The van der Waals surface area contributed by atoms with E-state index in [-0.39, 0.29) is 5.92 Å². The molecule has 0 amide bonds. The number of nitrogens with zero attached hydrogens (tertiary/aromatic N) is 3. The number of halogens is 3. The van der Waals surface area contributed by atoms with Gasteiger partial charge in [-0.3, -0.25) is 14.8 Å². The van der Waals surface area contributed by atoms with Gasteiger partial charge in [0.05, 0.1) is 5.56 Å². The van der Waals surface area contributed by atoms with Crippen LogP contribution < -0.4 is 10.6 Å². The maximum Gasteiger partial charge on any atom is 0.416 e. The summed E-state index contributed by atoms with van der Waals surface area (Å²) in [5, 5.41) is 6.67. The number of hydrogen-bond acceptors (Lipinski definition) is 3. The van der Waals surface area contributed by atoms with E-state index in [1.807, 2.05) is 6.92 Å². The lowest BCUT2D eigenvalue weighted by Crippen LogP contribution is -2.63. The summed E-state index contributed by atoms with van der Waals surface area (Å²) in [6, 6.07) is 6.11. The van der Waals surface area contributed by atoms with Crippen molar-refractivity contribution in [2.24, 2.45) is 4.99 Å². The van der Waals surface area contributed by atoms with E-state index >= 15 is 0 Å². The summed E-state index contributed by atoms with van der Waals surface area (Å²) in [6.45, 7) is 9.13. The van der Waals surface area contributed by atoms with E-state index in [2.05, 4.69) is 25.4 Å². The van der Waals surface area contributed by atoms with Crippen LogP contribution >= 0.6 is 0 Å². The van der Waals surface area contributed by atoms with Gasteiger partial charge in [0.15, 0.2) is 5.96 Å². The molecule has 3 heterocycles. The predicted molar refractivity (Wildman–Crippen MR) is 106 cm³/mol. The highest BCUT2D eigenvalue weighted by Gasteiger charge is 2.32. The molecule has 2 N–H and O–H groups in total. The first kappa shape index (κ1) is 20.9. The van der Waals surface area contributed by atoms with Crippen LogP contribution in [0.1, 0.15) is 30.4 Å². The molecule has 156 valence electrons. The lowest BCUT2D eigenvalue weighted by atomic mass is 9.96. The lowest BCUT2D eigenvalue weighted by Gasteiger charge is -2.47. The van der Waals surface area contributed by atoms with Crippen molar-refractivity contribution in [3.05, 3.63) is 35.4 Å². The molecular weight excluding hydrogens is 367 g/mol. The maximum absolute atomic E-state index is 12.9. The second kappa shape index (κ2) is 9.13. The van der Waals surface area contributed by atoms with Crippen LogP contribution in [-0.2, 0) is 6.18 Å². The van der Waals surface area contributed by atoms with Gasteiger partial charge in [-0.25, -0.2) is 0 Å². The molecule has 3 saturated heterocycles. The second-order valence-electron chi connectivity index (χ2n) is 7.68. The summed E-state index contributed by atoms with van der Waals surface area (Å²) in [5.74, 6) is 0.773. The summed E-state index contributed by atoms with van der Waals surface area (Å²) in [5.41, 5.74) is 0.120. The number of benzene rings is 1. The van der Waals surface area contributed by atoms with Gasteiger partial charge in [0.2, 0.25) is 0 Å². The molecule has 0 saturated carbocycles. The molecule has 0 aromatic heterocycles. The molecule has 4 rings (SSSR count). The minimum Gasteiger partial charge on any atom is -0.356 e. The van der Waals surface area contributed by atoms with Crippen molar-refractivity contribution in [2.75, 3.05) is 52.9 Å². The first-order valence-electron chi connectivity index (χ1n) is 9.95. The Kier molecular flexibility index (Phi) is 6.82. The van der Waals surface area contributed by atoms with E-state index in [1.54, 1.807) is 13.1 Å². The molecule has 28 heavy (non-hydrogen) atoms. The molecular formula is C20H30F3N5. The fourth-order valence-corrected chi connectivity index (χ4v) is 3.95. The van der Waals surface area contributed by atoms with Crippen LogP contribution in [0.5, 0.6) is 0 Å². The molecule has 2 atom stereocenters. The van der Waals surface area contributed by atoms with Crippen LogP contribution in [0.4, 0.5) is 13.2 Å². The lowest BCUT2D eigenvalue weighted by molar-refractivity contribution is -0.137. The van der Waals surface area contributed by atoms with E-state index in [0.29, 0.717) is 18.2 Å². The van der Waals surface area contributed by atoms with Crippen LogP contribution in [0.3, 0.4) is 0 Å². The molecule has 3 aliphatic rings. The van der Waals surface area contributed by atoms with E-state index in [1.165, 1.54) is 12.1 Å². The number of rotatable bonds is 6. The third-order valence-electron chi connectivity index (χ3n) is 5.77. The van der Waals surface area contributed by atoms with Gasteiger partial charge in [0, 0.05) is 58.9 Å². The van der Waals surface area contributed by atoms with Crippen LogP contribution in [-0.4, -0.2) is 74.7 Å². The summed E-state index contributed by atoms with van der Waals surface area (Å²) >= 11 is 0. The number of fused-ring (bicyclic) bond motifs is 3. The molecule has 2 unspecified atom stereocenters. The van der Waals surface area contributed by atoms with Gasteiger partial charge in [0.1, 0.15) is 0 Å². The van der Waals surface area contributed by atoms with Crippen molar-refractivity contribution in [3.8, 4) is 0 Å². The molecule has 5 nitrogen and oxygen atoms in total. The number of nitrogens with one attached hydrogen (secondary N) is 2. The van der Waals surface area contributed by atoms with Gasteiger partial charge in [-0.05, 0) is 24.0 Å². The number of guanidine groups is 1. The van der Waals surface area contributed by atoms with Gasteiger partial charge in [0.25, 0.3) is 0 Å². The fraction of sp³-hybridized carbons (Fsp3) is 0.650. The van der Waals surface area contributed by atoms with Gasteiger partial charge >= 0.3 is 6.18 Å². The van der Waals surface area contributed by atoms with E-state index in [0.717, 1.165) is 57.7 Å². The third kappa shape index (κ3) is 5.38. The van der Waals surface area contributed by atoms with Crippen LogP contribution in [0.25, 0.3) is 0 Å². The van der Waals surface area contributed by atoms with Gasteiger partial charge < -0.3 is 10.6 Å². The fourth-order valence-electron chi connectivity index (χ4n) is 3.95.